The van der Waals surface area contributed by atoms with Crippen molar-refractivity contribution in [2.75, 3.05) is 4.90 Å². The van der Waals surface area contributed by atoms with Crippen molar-refractivity contribution in [2.45, 2.75) is 0 Å². The molecule has 0 aliphatic heterocycles. The first-order valence-corrected chi connectivity index (χ1v) is 22.7. The smallest absolute Gasteiger partial charge is 0.0541 e. The normalized spacial score (nSPS) is 11.3. The second kappa shape index (κ2) is 16.8. The van der Waals surface area contributed by atoms with Crippen molar-refractivity contribution < 1.29 is 0 Å². The average Bonchev–Trinajstić information content (AvgIpc) is 3.74. The lowest BCUT2D eigenvalue weighted by Gasteiger charge is -2.27. The maximum atomic E-state index is 2.41. The Hall–Kier alpha value is -8.72. The van der Waals surface area contributed by atoms with Gasteiger partial charge in [0.15, 0.2) is 0 Å². The Kier molecular flexibility index (Phi) is 9.89. The van der Waals surface area contributed by atoms with Crippen LogP contribution in [0.25, 0.3) is 93.9 Å². The van der Waals surface area contributed by atoms with Gasteiger partial charge in [-0.15, -0.1) is 0 Å². The first-order valence-electron chi connectivity index (χ1n) is 22.7. The summed E-state index contributed by atoms with van der Waals surface area (Å²) in [6.45, 7) is 0. The van der Waals surface area contributed by atoms with Crippen LogP contribution in [0.15, 0.2) is 267 Å². The summed E-state index contributed by atoms with van der Waals surface area (Å²) in [7, 11) is 0. The van der Waals surface area contributed by atoms with Crippen LogP contribution in [0.5, 0.6) is 0 Å². The number of nitrogens with zero attached hydrogens (tertiary/aromatic N) is 2. The molecule has 1 aromatic heterocycles. The standard InChI is InChI=1S/C64H44N2/c1-3-19-45(20-4-1)56-30-9-10-33-61(56)64-57(47-21-5-2-6-22-47)35-18-36-58(64)49-25-15-26-51(43-49)65(50-41-39-48(40-42-50)55-34-16-24-46-23-7-8-29-54(46)55)52-27-17-28-53(44-52)66-62-37-13-11-31-59(62)60-32-12-14-38-63(60)66/h1-44H. The van der Waals surface area contributed by atoms with Gasteiger partial charge in [0.25, 0.3) is 0 Å². The molecule has 0 N–H and O–H groups in total. The summed E-state index contributed by atoms with van der Waals surface area (Å²) in [6.07, 6.45) is 0. The molecule has 11 aromatic carbocycles. The van der Waals surface area contributed by atoms with Gasteiger partial charge in [-0.1, -0.05) is 212 Å². The lowest BCUT2D eigenvalue weighted by molar-refractivity contribution is 1.17. The summed E-state index contributed by atoms with van der Waals surface area (Å²) in [5, 5.41) is 4.98. The molecule has 0 saturated heterocycles. The monoisotopic (exact) mass is 840 g/mol. The third-order valence-electron chi connectivity index (χ3n) is 13.0. The van der Waals surface area contributed by atoms with Crippen molar-refractivity contribution in [3.63, 3.8) is 0 Å². The molecule has 2 nitrogen and oxygen atoms in total. The van der Waals surface area contributed by atoms with E-state index in [9.17, 15) is 0 Å². The highest BCUT2D eigenvalue weighted by atomic mass is 15.1. The van der Waals surface area contributed by atoms with E-state index in [4.69, 9.17) is 0 Å². The van der Waals surface area contributed by atoms with E-state index in [1.54, 1.807) is 0 Å². The lowest BCUT2D eigenvalue weighted by atomic mass is 9.84. The van der Waals surface area contributed by atoms with Gasteiger partial charge in [-0.05, 0) is 121 Å². The van der Waals surface area contributed by atoms with Crippen LogP contribution in [0.3, 0.4) is 0 Å². The zero-order chi connectivity index (χ0) is 43.8. The summed E-state index contributed by atoms with van der Waals surface area (Å²) < 4.78 is 2.40. The predicted octanol–water partition coefficient (Wildman–Crippen LogP) is 17.7. The number of fused-ring (bicyclic) bond motifs is 4. The maximum Gasteiger partial charge on any atom is 0.0541 e. The predicted molar refractivity (Wildman–Crippen MR) is 280 cm³/mol. The van der Waals surface area contributed by atoms with Crippen LogP contribution in [0.1, 0.15) is 0 Å². The second-order valence-corrected chi connectivity index (χ2v) is 16.9. The first kappa shape index (κ1) is 38.9. The maximum absolute atomic E-state index is 2.41. The van der Waals surface area contributed by atoms with Crippen molar-refractivity contribution in [3.8, 4) is 61.3 Å². The third kappa shape index (κ3) is 6.93. The fourth-order valence-corrected chi connectivity index (χ4v) is 10.0. The molecule has 0 bridgehead atoms. The van der Waals surface area contributed by atoms with Crippen molar-refractivity contribution in [1.29, 1.82) is 0 Å². The molecule has 0 atom stereocenters. The summed E-state index contributed by atoms with van der Waals surface area (Å²) in [6, 6.07) is 97.0. The van der Waals surface area contributed by atoms with Crippen LogP contribution in [0, 0.1) is 0 Å². The minimum Gasteiger partial charge on any atom is -0.310 e. The van der Waals surface area contributed by atoms with Crippen LogP contribution < -0.4 is 4.90 Å². The summed E-state index contributed by atoms with van der Waals surface area (Å²) in [5.41, 5.74) is 18.6. The number of anilines is 3. The minimum absolute atomic E-state index is 1.07. The Morgan fingerprint density at radius 2 is 0.712 bits per heavy atom. The van der Waals surface area contributed by atoms with Crippen LogP contribution in [-0.2, 0) is 0 Å². The molecule has 0 saturated carbocycles. The molecule has 310 valence electrons. The summed E-state index contributed by atoms with van der Waals surface area (Å²) >= 11 is 0. The third-order valence-corrected chi connectivity index (χ3v) is 13.0. The van der Waals surface area contributed by atoms with Crippen molar-refractivity contribution in [3.05, 3.63) is 267 Å². The van der Waals surface area contributed by atoms with E-state index in [-0.39, 0.29) is 0 Å². The molecule has 2 heteroatoms. The van der Waals surface area contributed by atoms with Crippen molar-refractivity contribution >= 4 is 49.6 Å². The van der Waals surface area contributed by atoms with Gasteiger partial charge in [0.05, 0.1) is 11.0 Å². The molecule has 0 aliphatic carbocycles. The quantitative estimate of drug-likeness (QED) is 0.141. The van der Waals surface area contributed by atoms with Crippen LogP contribution in [-0.4, -0.2) is 4.57 Å². The number of aromatic nitrogens is 1. The number of hydrogen-bond donors (Lipinski definition) is 0. The zero-order valence-corrected chi connectivity index (χ0v) is 36.3. The molecule has 0 unspecified atom stereocenters. The summed E-state index contributed by atoms with van der Waals surface area (Å²) in [5.74, 6) is 0. The lowest BCUT2D eigenvalue weighted by Crippen LogP contribution is -2.10. The SMILES string of the molecule is c1ccc(-c2ccccc2-c2c(-c3ccccc3)cccc2-c2cccc(N(c3ccc(-c4cccc5ccccc45)cc3)c3cccc(-n4c5ccccc5c5ccccc54)c3)c2)cc1. The van der Waals surface area contributed by atoms with Gasteiger partial charge in [-0.3, -0.25) is 0 Å². The second-order valence-electron chi connectivity index (χ2n) is 16.9. The van der Waals surface area contributed by atoms with Gasteiger partial charge in [0.2, 0.25) is 0 Å². The van der Waals surface area contributed by atoms with Gasteiger partial charge in [-0.2, -0.15) is 0 Å². The van der Waals surface area contributed by atoms with Gasteiger partial charge in [0.1, 0.15) is 0 Å². The molecular formula is C64H44N2. The number of para-hydroxylation sites is 2. The fourth-order valence-electron chi connectivity index (χ4n) is 10.0. The van der Waals surface area contributed by atoms with E-state index in [0.29, 0.717) is 0 Å². The van der Waals surface area contributed by atoms with E-state index in [1.807, 2.05) is 0 Å². The van der Waals surface area contributed by atoms with Crippen LogP contribution in [0.2, 0.25) is 0 Å². The Bertz CT molecular complexity index is 3640. The molecule has 66 heavy (non-hydrogen) atoms. The van der Waals surface area contributed by atoms with E-state index in [0.717, 1.165) is 28.3 Å². The number of hydrogen-bond acceptors (Lipinski definition) is 1. The van der Waals surface area contributed by atoms with Crippen molar-refractivity contribution in [2.24, 2.45) is 0 Å². The van der Waals surface area contributed by atoms with Gasteiger partial charge in [0, 0.05) is 33.5 Å². The molecule has 0 fully saturated rings. The van der Waals surface area contributed by atoms with E-state index >= 15 is 0 Å². The Balaban J connectivity index is 1.05. The van der Waals surface area contributed by atoms with E-state index in [1.165, 1.54) is 82.6 Å². The number of benzene rings is 11. The highest BCUT2D eigenvalue weighted by Gasteiger charge is 2.21. The largest absolute Gasteiger partial charge is 0.310 e. The fraction of sp³-hybridized carbons (Fsp3) is 0. The molecule has 0 amide bonds. The summed E-state index contributed by atoms with van der Waals surface area (Å²) in [4.78, 5) is 2.41. The van der Waals surface area contributed by atoms with E-state index in [2.05, 4.69) is 276 Å². The highest BCUT2D eigenvalue weighted by Crippen LogP contribution is 2.46. The zero-order valence-electron chi connectivity index (χ0n) is 36.3. The topological polar surface area (TPSA) is 8.17 Å². The Morgan fingerprint density at radius 3 is 1.42 bits per heavy atom. The number of rotatable bonds is 9. The Morgan fingerprint density at radius 1 is 0.258 bits per heavy atom. The van der Waals surface area contributed by atoms with Gasteiger partial charge in [-0.25, -0.2) is 0 Å². The van der Waals surface area contributed by atoms with E-state index < -0.39 is 0 Å². The van der Waals surface area contributed by atoms with Gasteiger partial charge < -0.3 is 9.47 Å². The highest BCUT2D eigenvalue weighted by molar-refractivity contribution is 6.09. The van der Waals surface area contributed by atoms with Crippen molar-refractivity contribution in [1.82, 2.24) is 4.57 Å². The van der Waals surface area contributed by atoms with Gasteiger partial charge >= 0.3 is 0 Å². The molecule has 12 rings (SSSR count). The molecule has 1 heterocycles. The van der Waals surface area contributed by atoms with Crippen LogP contribution in [0.4, 0.5) is 17.1 Å². The first-order chi connectivity index (χ1) is 32.8. The molecular weight excluding hydrogens is 797 g/mol. The molecule has 0 spiro atoms. The Labute approximate surface area is 385 Å². The molecule has 0 radical (unpaired) electrons. The molecule has 12 aromatic rings. The minimum atomic E-state index is 1.07. The van der Waals surface area contributed by atoms with Crippen LogP contribution >= 0.6 is 0 Å². The average molecular weight is 841 g/mol. The molecule has 0 aliphatic rings.